The standard InChI is InChI=1S/C24H50N2O4/c1-3-5-7-9-11-13-15-17-25-19-20(22(28)24(30)23(29)21(19)27)26-18-16-14-12-10-8-6-4-2/h19-30H,3-18H2,1-2H3/t19-,20+,21-,22-,23+,24+/m0/s1. The van der Waals surface area contributed by atoms with E-state index in [0.717, 1.165) is 38.8 Å². The SMILES string of the molecule is CCCCCCCCCN[C@@H]1[C@H](O)[C@@H](O)[C@H](O)[C@@H](O)[C@@H]1NCCCCCCCCC. The lowest BCUT2D eigenvalue weighted by molar-refractivity contribution is -0.159. The van der Waals surface area contributed by atoms with Gasteiger partial charge >= 0.3 is 0 Å². The van der Waals surface area contributed by atoms with Gasteiger partial charge in [-0.05, 0) is 25.9 Å². The number of nitrogens with one attached hydrogen (secondary N) is 2. The Morgan fingerprint density at radius 1 is 0.433 bits per heavy atom. The van der Waals surface area contributed by atoms with Crippen LogP contribution in [0.15, 0.2) is 0 Å². The second-order valence-corrected chi connectivity index (χ2v) is 9.16. The molecule has 0 heterocycles. The van der Waals surface area contributed by atoms with Crippen molar-refractivity contribution in [3.05, 3.63) is 0 Å². The van der Waals surface area contributed by atoms with Crippen LogP contribution in [0.5, 0.6) is 0 Å². The Balaban J connectivity index is 2.36. The smallest absolute Gasteiger partial charge is 0.110 e. The minimum absolute atomic E-state index is 0.469. The van der Waals surface area contributed by atoms with Crippen molar-refractivity contribution in [3.8, 4) is 0 Å². The van der Waals surface area contributed by atoms with E-state index in [0.29, 0.717) is 0 Å². The lowest BCUT2D eigenvalue weighted by Gasteiger charge is -2.45. The maximum Gasteiger partial charge on any atom is 0.110 e. The third-order valence-electron chi connectivity index (χ3n) is 6.49. The summed E-state index contributed by atoms with van der Waals surface area (Å²) < 4.78 is 0. The number of aliphatic hydroxyl groups excluding tert-OH is 4. The summed E-state index contributed by atoms with van der Waals surface area (Å²) >= 11 is 0. The van der Waals surface area contributed by atoms with E-state index in [2.05, 4.69) is 24.5 Å². The molecule has 1 aliphatic rings. The molecule has 1 rings (SSSR count). The maximum atomic E-state index is 10.5. The minimum atomic E-state index is -1.33. The molecule has 0 aromatic rings. The molecule has 1 saturated carbocycles. The van der Waals surface area contributed by atoms with E-state index in [1.54, 1.807) is 0 Å². The molecule has 0 aliphatic heterocycles. The Bertz CT molecular complexity index is 363. The third kappa shape index (κ3) is 10.4. The topological polar surface area (TPSA) is 105 Å². The summed E-state index contributed by atoms with van der Waals surface area (Å²) in [5.41, 5.74) is 0. The first-order valence-electron chi connectivity index (χ1n) is 12.7. The molecule has 6 N–H and O–H groups in total. The van der Waals surface area contributed by atoms with Crippen molar-refractivity contribution in [1.29, 1.82) is 0 Å². The van der Waals surface area contributed by atoms with Crippen LogP contribution in [0, 0.1) is 0 Å². The van der Waals surface area contributed by atoms with Gasteiger partial charge in [-0.15, -0.1) is 0 Å². The molecule has 6 nitrogen and oxygen atoms in total. The fourth-order valence-electron chi connectivity index (χ4n) is 4.45. The van der Waals surface area contributed by atoms with Crippen LogP contribution in [0.2, 0.25) is 0 Å². The molecule has 6 atom stereocenters. The summed E-state index contributed by atoms with van der Waals surface area (Å²) in [5, 5.41) is 47.9. The van der Waals surface area contributed by atoms with Crippen molar-refractivity contribution < 1.29 is 20.4 Å². The predicted molar refractivity (Wildman–Crippen MR) is 124 cm³/mol. The lowest BCUT2D eigenvalue weighted by atomic mass is 9.81. The normalized spacial score (nSPS) is 29.4. The minimum Gasteiger partial charge on any atom is -0.389 e. The zero-order valence-corrected chi connectivity index (χ0v) is 19.6. The summed E-state index contributed by atoms with van der Waals surface area (Å²) in [7, 11) is 0. The maximum absolute atomic E-state index is 10.5. The molecular weight excluding hydrogens is 380 g/mol. The molecule has 0 radical (unpaired) electrons. The van der Waals surface area contributed by atoms with E-state index in [-0.39, 0.29) is 0 Å². The van der Waals surface area contributed by atoms with Crippen molar-refractivity contribution in [2.75, 3.05) is 13.1 Å². The average molecular weight is 431 g/mol. The Kier molecular flexibility index (Phi) is 16.1. The van der Waals surface area contributed by atoms with Crippen LogP contribution >= 0.6 is 0 Å². The van der Waals surface area contributed by atoms with Gasteiger partial charge in [0, 0.05) is 0 Å². The van der Waals surface area contributed by atoms with Crippen LogP contribution in [-0.2, 0) is 0 Å². The van der Waals surface area contributed by atoms with E-state index in [1.807, 2.05) is 0 Å². The molecule has 0 aromatic carbocycles. The Hall–Kier alpha value is -0.240. The molecule has 0 amide bonds. The molecule has 6 heteroatoms. The Morgan fingerprint density at radius 3 is 1.07 bits per heavy atom. The zero-order chi connectivity index (χ0) is 22.2. The van der Waals surface area contributed by atoms with Crippen molar-refractivity contribution >= 4 is 0 Å². The van der Waals surface area contributed by atoms with Crippen LogP contribution in [0.1, 0.15) is 104 Å². The summed E-state index contributed by atoms with van der Waals surface area (Å²) in [6, 6.07) is -0.939. The molecule has 0 spiro atoms. The van der Waals surface area contributed by atoms with Gasteiger partial charge in [-0.25, -0.2) is 0 Å². The quantitative estimate of drug-likeness (QED) is 0.187. The van der Waals surface area contributed by atoms with Gasteiger partial charge in [0.1, 0.15) is 12.2 Å². The van der Waals surface area contributed by atoms with Gasteiger partial charge in [0.05, 0.1) is 24.3 Å². The highest BCUT2D eigenvalue weighted by Crippen LogP contribution is 2.22. The number of hydrogen-bond donors (Lipinski definition) is 6. The summed E-state index contributed by atoms with van der Waals surface area (Å²) in [6.07, 6.45) is 12.1. The van der Waals surface area contributed by atoms with E-state index in [4.69, 9.17) is 0 Å². The predicted octanol–water partition coefficient (Wildman–Crippen LogP) is 2.86. The van der Waals surface area contributed by atoms with Gasteiger partial charge in [0.2, 0.25) is 0 Å². The lowest BCUT2D eigenvalue weighted by Crippen LogP contribution is -2.71. The summed E-state index contributed by atoms with van der Waals surface area (Å²) in [6.45, 7) is 5.91. The van der Waals surface area contributed by atoms with Gasteiger partial charge in [-0.2, -0.15) is 0 Å². The molecular formula is C24H50N2O4. The average Bonchev–Trinajstić information content (AvgIpc) is 2.75. The van der Waals surface area contributed by atoms with Gasteiger partial charge in [-0.3, -0.25) is 0 Å². The van der Waals surface area contributed by atoms with Gasteiger partial charge < -0.3 is 31.1 Å². The first kappa shape index (κ1) is 27.8. The van der Waals surface area contributed by atoms with Crippen LogP contribution in [-0.4, -0.2) is 70.0 Å². The summed E-state index contributed by atoms with van der Waals surface area (Å²) in [5.74, 6) is 0. The van der Waals surface area contributed by atoms with Gasteiger partial charge in [0.25, 0.3) is 0 Å². The molecule has 0 saturated heterocycles. The van der Waals surface area contributed by atoms with Crippen LogP contribution < -0.4 is 10.6 Å². The molecule has 1 aliphatic carbocycles. The Labute approximate surface area is 184 Å². The largest absolute Gasteiger partial charge is 0.389 e. The first-order chi connectivity index (χ1) is 14.5. The second-order valence-electron chi connectivity index (χ2n) is 9.16. The highest BCUT2D eigenvalue weighted by atomic mass is 16.4. The molecule has 0 bridgehead atoms. The summed E-state index contributed by atoms with van der Waals surface area (Å²) in [4.78, 5) is 0. The fourth-order valence-corrected chi connectivity index (χ4v) is 4.45. The van der Waals surface area contributed by atoms with E-state index >= 15 is 0 Å². The molecule has 0 unspecified atom stereocenters. The second kappa shape index (κ2) is 17.3. The monoisotopic (exact) mass is 430 g/mol. The fraction of sp³-hybridized carbons (Fsp3) is 1.00. The molecule has 30 heavy (non-hydrogen) atoms. The highest BCUT2D eigenvalue weighted by molar-refractivity contribution is 5.05. The number of aliphatic hydroxyl groups is 4. The number of unbranched alkanes of at least 4 members (excludes halogenated alkanes) is 12. The number of rotatable bonds is 18. The van der Waals surface area contributed by atoms with Crippen LogP contribution in [0.4, 0.5) is 0 Å². The van der Waals surface area contributed by atoms with Gasteiger partial charge in [0.15, 0.2) is 0 Å². The molecule has 180 valence electrons. The van der Waals surface area contributed by atoms with Crippen molar-refractivity contribution in [2.45, 2.75) is 140 Å². The first-order valence-corrected chi connectivity index (χ1v) is 12.7. The molecule has 1 fully saturated rings. The van der Waals surface area contributed by atoms with Crippen molar-refractivity contribution in [3.63, 3.8) is 0 Å². The van der Waals surface area contributed by atoms with E-state index in [1.165, 1.54) is 64.2 Å². The van der Waals surface area contributed by atoms with Crippen molar-refractivity contribution in [1.82, 2.24) is 10.6 Å². The highest BCUT2D eigenvalue weighted by Gasteiger charge is 2.48. The van der Waals surface area contributed by atoms with Crippen LogP contribution in [0.3, 0.4) is 0 Å². The Morgan fingerprint density at radius 2 is 0.733 bits per heavy atom. The number of hydrogen-bond acceptors (Lipinski definition) is 6. The van der Waals surface area contributed by atoms with Gasteiger partial charge in [-0.1, -0.05) is 90.9 Å². The zero-order valence-electron chi connectivity index (χ0n) is 19.6. The van der Waals surface area contributed by atoms with E-state index < -0.39 is 36.5 Å². The van der Waals surface area contributed by atoms with E-state index in [9.17, 15) is 20.4 Å². The third-order valence-corrected chi connectivity index (χ3v) is 6.49. The van der Waals surface area contributed by atoms with Crippen LogP contribution in [0.25, 0.3) is 0 Å². The van der Waals surface area contributed by atoms with Crippen molar-refractivity contribution in [2.24, 2.45) is 0 Å². The molecule has 0 aromatic heterocycles.